The first kappa shape index (κ1) is 15.9. The Morgan fingerprint density at radius 3 is 1.63 bits per heavy atom. The highest BCUT2D eigenvalue weighted by Crippen LogP contribution is 2.39. The first-order chi connectivity index (χ1) is 8.48. The molecule has 1 rings (SSSR count). The lowest BCUT2D eigenvalue weighted by atomic mass is 10.0. The third kappa shape index (κ3) is 3.46. The molecule has 0 amide bonds. The number of hydrogen-bond acceptors (Lipinski definition) is 1. The molecule has 106 valence electrons. The number of Topliss-reactive ketones (excluding diaryl/α,β-unsaturated/α-hetero) is 1. The maximum Gasteiger partial charge on any atom is 0.419 e. The van der Waals surface area contributed by atoms with Crippen LogP contribution in [0.5, 0.6) is 0 Å². The second kappa shape index (κ2) is 5.10. The Hall–Kier alpha value is -1.12. The second-order valence-electron chi connectivity index (χ2n) is 3.44. The molecule has 0 aliphatic rings. The molecule has 0 aliphatic heterocycles. The van der Waals surface area contributed by atoms with Crippen molar-refractivity contribution in [1.82, 2.24) is 0 Å². The van der Waals surface area contributed by atoms with Gasteiger partial charge in [-0.1, -0.05) is 15.9 Å². The zero-order valence-corrected chi connectivity index (χ0v) is 10.4. The number of halogens is 8. The lowest BCUT2D eigenvalue weighted by Crippen LogP contribution is -2.18. The minimum absolute atomic E-state index is 0.0637. The number of carbonyl (C=O) groups excluding carboxylic acids is 1. The monoisotopic (exact) mass is 352 g/mol. The molecule has 0 atom stereocenters. The van der Waals surface area contributed by atoms with Gasteiger partial charge in [0.2, 0.25) is 0 Å². The van der Waals surface area contributed by atoms with Crippen molar-refractivity contribution in [2.75, 3.05) is 5.33 Å². The fourth-order valence-corrected chi connectivity index (χ4v) is 1.60. The maximum absolute atomic E-state index is 13.2. The van der Waals surface area contributed by atoms with Gasteiger partial charge in [0.25, 0.3) is 0 Å². The first-order valence-electron chi connectivity index (χ1n) is 4.55. The number of carbonyl (C=O) groups is 1. The van der Waals surface area contributed by atoms with Crippen LogP contribution in [0.3, 0.4) is 0 Å². The fourth-order valence-electron chi connectivity index (χ4n) is 1.28. The van der Waals surface area contributed by atoms with Crippen LogP contribution in [-0.4, -0.2) is 11.1 Å². The summed E-state index contributed by atoms with van der Waals surface area (Å²) in [5.41, 5.74) is -5.10. The summed E-state index contributed by atoms with van der Waals surface area (Å²) in [4.78, 5) is 11.2. The summed E-state index contributed by atoms with van der Waals surface area (Å²) in [7, 11) is 0. The van der Waals surface area contributed by atoms with Gasteiger partial charge < -0.3 is 0 Å². The minimum Gasteiger partial charge on any atom is -0.293 e. The summed E-state index contributed by atoms with van der Waals surface area (Å²) in [6.45, 7) is 0. The van der Waals surface area contributed by atoms with Gasteiger partial charge in [0.1, 0.15) is 5.82 Å². The van der Waals surface area contributed by atoms with Crippen molar-refractivity contribution in [3.63, 3.8) is 0 Å². The SMILES string of the molecule is O=C(CBr)c1cc(C(F)(F)F)c(F)c(C(F)(F)F)c1. The molecule has 1 aromatic rings. The third-order valence-electron chi connectivity index (χ3n) is 2.13. The molecule has 1 aromatic carbocycles. The standard InChI is InChI=1S/C10H4BrF7O/c11-3-7(19)4-1-5(9(13,14)15)8(12)6(2-4)10(16,17)18/h1-2H,3H2. The van der Waals surface area contributed by atoms with E-state index < -0.39 is 46.0 Å². The van der Waals surface area contributed by atoms with Crippen LogP contribution in [-0.2, 0) is 12.4 Å². The van der Waals surface area contributed by atoms with E-state index >= 15 is 0 Å². The van der Waals surface area contributed by atoms with Crippen LogP contribution in [0.2, 0.25) is 0 Å². The Morgan fingerprint density at radius 1 is 1.00 bits per heavy atom. The van der Waals surface area contributed by atoms with Crippen LogP contribution in [0.25, 0.3) is 0 Å². The van der Waals surface area contributed by atoms with E-state index in [2.05, 4.69) is 15.9 Å². The summed E-state index contributed by atoms with van der Waals surface area (Å²) >= 11 is 2.61. The van der Waals surface area contributed by atoms with Gasteiger partial charge in [-0.3, -0.25) is 4.79 Å². The van der Waals surface area contributed by atoms with Gasteiger partial charge in [0, 0.05) is 5.56 Å². The highest BCUT2D eigenvalue weighted by atomic mass is 79.9. The number of ketones is 1. The molecule has 9 heteroatoms. The van der Waals surface area contributed by atoms with Crippen molar-refractivity contribution in [1.29, 1.82) is 0 Å². The Kier molecular flexibility index (Phi) is 4.28. The summed E-state index contributed by atoms with van der Waals surface area (Å²) in [5.74, 6) is -3.46. The summed E-state index contributed by atoms with van der Waals surface area (Å²) in [5, 5.41) is -0.479. The molecular formula is C10H4BrF7O. The number of benzene rings is 1. The molecule has 0 saturated heterocycles. The predicted octanol–water partition coefficient (Wildman–Crippen LogP) is 4.44. The van der Waals surface area contributed by atoms with E-state index in [-0.39, 0.29) is 12.1 Å². The van der Waals surface area contributed by atoms with Gasteiger partial charge in [0.05, 0.1) is 16.5 Å². The second-order valence-corrected chi connectivity index (χ2v) is 4.00. The van der Waals surface area contributed by atoms with E-state index in [1.165, 1.54) is 0 Å². The van der Waals surface area contributed by atoms with Crippen LogP contribution in [0.15, 0.2) is 12.1 Å². The normalized spacial score (nSPS) is 12.6. The summed E-state index contributed by atoms with van der Waals surface area (Å²) < 4.78 is 87.9. The van der Waals surface area contributed by atoms with Crippen LogP contribution in [0.1, 0.15) is 21.5 Å². The van der Waals surface area contributed by atoms with Gasteiger partial charge in [-0.15, -0.1) is 0 Å². The predicted molar refractivity (Wildman–Crippen MR) is 54.5 cm³/mol. The Labute approximate surface area is 110 Å². The smallest absolute Gasteiger partial charge is 0.293 e. The molecule has 0 fully saturated rings. The lowest BCUT2D eigenvalue weighted by Gasteiger charge is -2.15. The highest BCUT2D eigenvalue weighted by molar-refractivity contribution is 9.09. The summed E-state index contributed by atoms with van der Waals surface area (Å²) in [6.07, 6.45) is -10.7. The summed E-state index contributed by atoms with van der Waals surface area (Å²) in [6, 6.07) is 0.127. The fraction of sp³-hybridized carbons (Fsp3) is 0.300. The van der Waals surface area contributed by atoms with Crippen LogP contribution >= 0.6 is 15.9 Å². The van der Waals surface area contributed by atoms with Crippen LogP contribution in [0.4, 0.5) is 30.7 Å². The number of hydrogen-bond donors (Lipinski definition) is 0. The van der Waals surface area contributed by atoms with E-state index in [1.54, 1.807) is 0 Å². The third-order valence-corrected chi connectivity index (χ3v) is 2.64. The highest BCUT2D eigenvalue weighted by Gasteiger charge is 2.42. The van der Waals surface area contributed by atoms with Crippen molar-refractivity contribution in [3.05, 3.63) is 34.6 Å². The quantitative estimate of drug-likeness (QED) is 0.437. The molecular weight excluding hydrogens is 349 g/mol. The molecule has 0 radical (unpaired) electrons. The molecule has 0 N–H and O–H groups in total. The topological polar surface area (TPSA) is 17.1 Å². The van der Waals surface area contributed by atoms with Crippen molar-refractivity contribution in [2.45, 2.75) is 12.4 Å². The molecule has 0 aliphatic carbocycles. The van der Waals surface area contributed by atoms with E-state index in [0.717, 1.165) is 0 Å². The zero-order chi connectivity index (χ0) is 15.0. The van der Waals surface area contributed by atoms with Crippen molar-refractivity contribution < 1.29 is 35.5 Å². The molecule has 0 heterocycles. The lowest BCUT2D eigenvalue weighted by molar-refractivity contribution is -0.147. The molecule has 0 saturated carbocycles. The molecule has 1 nitrogen and oxygen atoms in total. The van der Waals surface area contributed by atoms with Crippen molar-refractivity contribution >= 4 is 21.7 Å². The Balaban J connectivity index is 3.62. The van der Waals surface area contributed by atoms with Gasteiger partial charge >= 0.3 is 12.4 Å². The molecule has 0 bridgehead atoms. The first-order valence-corrected chi connectivity index (χ1v) is 5.67. The largest absolute Gasteiger partial charge is 0.419 e. The Morgan fingerprint density at radius 2 is 1.37 bits per heavy atom. The zero-order valence-electron chi connectivity index (χ0n) is 8.79. The minimum atomic E-state index is -5.33. The van der Waals surface area contributed by atoms with Gasteiger partial charge in [-0.25, -0.2) is 4.39 Å². The van der Waals surface area contributed by atoms with E-state index in [1.807, 2.05) is 0 Å². The number of rotatable bonds is 2. The van der Waals surface area contributed by atoms with Gasteiger partial charge in [-0.2, -0.15) is 26.3 Å². The van der Waals surface area contributed by atoms with Crippen LogP contribution < -0.4 is 0 Å². The molecule has 0 aromatic heterocycles. The average Bonchev–Trinajstić information content (AvgIpc) is 2.25. The molecule has 19 heavy (non-hydrogen) atoms. The van der Waals surface area contributed by atoms with E-state index in [9.17, 15) is 35.5 Å². The number of alkyl halides is 7. The maximum atomic E-state index is 13.2. The van der Waals surface area contributed by atoms with Gasteiger partial charge in [-0.05, 0) is 12.1 Å². The molecule has 0 unspecified atom stereocenters. The molecule has 0 spiro atoms. The van der Waals surface area contributed by atoms with Crippen molar-refractivity contribution in [3.8, 4) is 0 Å². The average molecular weight is 353 g/mol. The Bertz CT molecular complexity index is 469. The van der Waals surface area contributed by atoms with Crippen LogP contribution in [0, 0.1) is 5.82 Å². The van der Waals surface area contributed by atoms with E-state index in [0.29, 0.717) is 0 Å². The van der Waals surface area contributed by atoms with E-state index in [4.69, 9.17) is 0 Å². The van der Waals surface area contributed by atoms with Gasteiger partial charge in [0.15, 0.2) is 5.78 Å². The van der Waals surface area contributed by atoms with Crippen molar-refractivity contribution in [2.24, 2.45) is 0 Å².